The number of morpholine rings is 1. The standard InChI is InChI=1S/C23H24ClN5O7S.CO2/c1-2-23(31)16(12-35-14-37(32,33)15-6-4-3-5-7-15)36-21(18(23)30)29-13-25-17-19(26-22(24)27-20(17)29)28-8-10-34-11-9-28;2-1-3/h1,3-7,13,16,18,21,30-31H,8-12,14H2;/t16-,18+,21-,23-;/m1./s1. The number of carbonyl (C=O) groups excluding carboxylic acids is 2. The zero-order chi connectivity index (χ0) is 28.9. The first-order chi connectivity index (χ1) is 19.2. The summed E-state index contributed by atoms with van der Waals surface area (Å²) in [5, 5.41) is 22.0. The van der Waals surface area contributed by atoms with E-state index in [9.17, 15) is 18.6 Å². The summed E-state index contributed by atoms with van der Waals surface area (Å²) in [6.45, 7) is 1.80. The largest absolute Gasteiger partial charge is 0.384 e. The zero-order valence-electron chi connectivity index (χ0n) is 20.8. The zero-order valence-corrected chi connectivity index (χ0v) is 22.4. The lowest BCUT2D eigenvalue weighted by molar-refractivity contribution is -0.191. The molecule has 0 amide bonds. The molecule has 0 radical (unpaired) electrons. The normalized spacial score (nSPS) is 24.6. The minimum absolute atomic E-state index is 0.0403. The molecule has 3 aromatic rings. The molecule has 2 aromatic heterocycles. The van der Waals surface area contributed by atoms with Gasteiger partial charge in [-0.25, -0.2) is 13.4 Å². The number of fused-ring (bicyclic) bond motifs is 1. The van der Waals surface area contributed by atoms with Crippen LogP contribution in [0.3, 0.4) is 0 Å². The van der Waals surface area contributed by atoms with Crippen LogP contribution in [0.4, 0.5) is 5.82 Å². The monoisotopic (exact) mass is 593 g/mol. The number of ether oxygens (including phenoxy) is 3. The highest BCUT2D eigenvalue weighted by Crippen LogP contribution is 2.39. The Hall–Kier alpha value is -3.45. The molecule has 2 N–H and O–H groups in total. The van der Waals surface area contributed by atoms with Crippen LogP contribution in [-0.4, -0.2) is 101 Å². The molecule has 0 unspecified atom stereocenters. The summed E-state index contributed by atoms with van der Waals surface area (Å²) < 4.78 is 43.1. The Morgan fingerprint density at radius 1 is 1.20 bits per heavy atom. The molecule has 5 rings (SSSR count). The minimum Gasteiger partial charge on any atom is -0.384 e. The molecule has 4 atom stereocenters. The molecule has 40 heavy (non-hydrogen) atoms. The maximum atomic E-state index is 12.5. The third-order valence-electron chi connectivity index (χ3n) is 6.32. The third kappa shape index (κ3) is 5.85. The van der Waals surface area contributed by atoms with Gasteiger partial charge in [-0.1, -0.05) is 24.1 Å². The van der Waals surface area contributed by atoms with Gasteiger partial charge >= 0.3 is 6.15 Å². The summed E-state index contributed by atoms with van der Waals surface area (Å²) in [5.74, 6) is 2.00. The average molecular weight is 594 g/mol. The number of rotatable bonds is 7. The molecule has 0 aliphatic carbocycles. The molecule has 0 saturated carbocycles. The highest BCUT2D eigenvalue weighted by molar-refractivity contribution is 7.91. The van der Waals surface area contributed by atoms with Crippen molar-refractivity contribution in [3.63, 3.8) is 0 Å². The smallest absolute Gasteiger partial charge is 0.373 e. The maximum absolute atomic E-state index is 12.5. The number of anilines is 1. The van der Waals surface area contributed by atoms with Crippen molar-refractivity contribution in [3.05, 3.63) is 41.9 Å². The van der Waals surface area contributed by atoms with E-state index in [0.717, 1.165) is 0 Å². The lowest BCUT2D eigenvalue weighted by atomic mass is 9.93. The second-order valence-corrected chi connectivity index (χ2v) is 10.9. The number of terminal acetylenes is 1. The lowest BCUT2D eigenvalue weighted by Gasteiger charge is -2.28. The minimum atomic E-state index is -3.75. The van der Waals surface area contributed by atoms with Crippen LogP contribution in [0.1, 0.15) is 6.23 Å². The Balaban J connectivity index is 0.00000118. The summed E-state index contributed by atoms with van der Waals surface area (Å²) >= 11 is 6.21. The van der Waals surface area contributed by atoms with Gasteiger partial charge in [-0.2, -0.15) is 19.6 Å². The van der Waals surface area contributed by atoms with Crippen molar-refractivity contribution in [2.45, 2.75) is 28.9 Å². The molecular formula is C24H24ClN5O9S. The summed E-state index contributed by atoms with van der Waals surface area (Å²) in [6.07, 6.45) is 3.12. The lowest BCUT2D eigenvalue weighted by Crippen LogP contribution is -2.48. The van der Waals surface area contributed by atoms with Crippen LogP contribution in [0.25, 0.3) is 11.2 Å². The van der Waals surface area contributed by atoms with Gasteiger partial charge < -0.3 is 29.3 Å². The van der Waals surface area contributed by atoms with Gasteiger partial charge in [-0.05, 0) is 23.7 Å². The van der Waals surface area contributed by atoms with Crippen LogP contribution in [0.2, 0.25) is 5.28 Å². The van der Waals surface area contributed by atoms with Crippen LogP contribution in [0, 0.1) is 12.3 Å². The van der Waals surface area contributed by atoms with Crippen molar-refractivity contribution in [1.29, 1.82) is 0 Å². The fraction of sp³-hybridized carbons (Fsp3) is 0.417. The predicted molar refractivity (Wildman–Crippen MR) is 137 cm³/mol. The fourth-order valence-electron chi connectivity index (χ4n) is 4.34. The molecule has 16 heteroatoms. The van der Waals surface area contributed by atoms with E-state index in [2.05, 4.69) is 20.9 Å². The van der Waals surface area contributed by atoms with Crippen molar-refractivity contribution < 1.29 is 42.4 Å². The molecule has 0 bridgehead atoms. The summed E-state index contributed by atoms with van der Waals surface area (Å²) in [5.41, 5.74) is -1.50. The van der Waals surface area contributed by atoms with Crippen LogP contribution >= 0.6 is 11.6 Å². The van der Waals surface area contributed by atoms with E-state index >= 15 is 0 Å². The van der Waals surface area contributed by atoms with E-state index in [4.69, 9.17) is 41.8 Å². The SMILES string of the molecule is C#C[C@@]1(O)[C@@H](COCS(=O)(=O)c2ccccc2)O[C@@H](n2cnc3c(N4CCOCC4)nc(Cl)nc32)[C@@H]1O.O=C=O. The average Bonchev–Trinajstić information content (AvgIpc) is 3.48. The number of hydrogen-bond donors (Lipinski definition) is 2. The van der Waals surface area contributed by atoms with E-state index in [1.807, 2.05) is 4.90 Å². The number of nitrogens with zero attached hydrogens (tertiary/aromatic N) is 5. The third-order valence-corrected chi connectivity index (χ3v) is 7.95. The van der Waals surface area contributed by atoms with Gasteiger partial charge in [0.2, 0.25) is 15.1 Å². The number of benzene rings is 1. The molecule has 2 fully saturated rings. The molecule has 1 aromatic carbocycles. The molecule has 2 aliphatic heterocycles. The summed E-state index contributed by atoms with van der Waals surface area (Å²) in [7, 11) is -3.75. The van der Waals surface area contributed by atoms with Gasteiger partial charge in [-0.15, -0.1) is 6.42 Å². The Morgan fingerprint density at radius 3 is 2.52 bits per heavy atom. The van der Waals surface area contributed by atoms with Gasteiger partial charge in [0.15, 0.2) is 34.7 Å². The summed E-state index contributed by atoms with van der Waals surface area (Å²) in [6, 6.07) is 7.79. The van der Waals surface area contributed by atoms with Crippen molar-refractivity contribution in [2.24, 2.45) is 0 Å². The first-order valence-corrected chi connectivity index (χ1v) is 13.8. The number of halogens is 1. The number of hydrogen-bond acceptors (Lipinski definition) is 13. The highest BCUT2D eigenvalue weighted by Gasteiger charge is 2.55. The van der Waals surface area contributed by atoms with Gasteiger partial charge in [0, 0.05) is 13.1 Å². The second kappa shape index (κ2) is 12.4. The first kappa shape index (κ1) is 29.5. The molecule has 14 nitrogen and oxygen atoms in total. The van der Waals surface area contributed by atoms with Crippen LogP contribution in [0.5, 0.6) is 0 Å². The maximum Gasteiger partial charge on any atom is 0.373 e. The summed E-state index contributed by atoms with van der Waals surface area (Å²) in [4.78, 5) is 31.3. The van der Waals surface area contributed by atoms with E-state index in [0.29, 0.717) is 37.6 Å². The Labute approximate surface area is 233 Å². The Morgan fingerprint density at radius 2 is 1.88 bits per heavy atom. The quantitative estimate of drug-likeness (QED) is 0.271. The second-order valence-electron chi connectivity index (χ2n) is 8.67. The molecular weight excluding hydrogens is 570 g/mol. The van der Waals surface area contributed by atoms with Crippen LogP contribution in [-0.2, 0) is 33.6 Å². The van der Waals surface area contributed by atoms with E-state index in [1.165, 1.54) is 23.0 Å². The molecule has 4 heterocycles. The number of aromatic nitrogens is 4. The number of aliphatic hydroxyl groups is 2. The molecule has 2 aliphatic rings. The Kier molecular flexibility index (Phi) is 9.14. The van der Waals surface area contributed by atoms with Crippen molar-refractivity contribution in [2.75, 3.05) is 43.7 Å². The number of aliphatic hydroxyl groups excluding tert-OH is 1. The van der Waals surface area contributed by atoms with Crippen molar-refractivity contribution >= 4 is 44.6 Å². The Bertz CT molecular complexity index is 1520. The number of sulfone groups is 1. The van der Waals surface area contributed by atoms with E-state index < -0.39 is 46.4 Å². The van der Waals surface area contributed by atoms with E-state index in [-0.39, 0.29) is 22.0 Å². The molecule has 2 saturated heterocycles. The van der Waals surface area contributed by atoms with Gasteiger partial charge in [0.05, 0.1) is 31.0 Å². The highest BCUT2D eigenvalue weighted by atomic mass is 35.5. The predicted octanol–water partition coefficient (Wildman–Crippen LogP) is -0.197. The fourth-order valence-corrected chi connectivity index (χ4v) is 5.52. The number of imidazole rings is 1. The van der Waals surface area contributed by atoms with Crippen molar-refractivity contribution in [1.82, 2.24) is 19.5 Å². The first-order valence-electron chi connectivity index (χ1n) is 11.8. The molecule has 212 valence electrons. The van der Waals surface area contributed by atoms with Crippen molar-refractivity contribution in [3.8, 4) is 12.3 Å². The van der Waals surface area contributed by atoms with Crippen LogP contribution in [0.15, 0.2) is 41.6 Å². The molecule has 0 spiro atoms. The van der Waals surface area contributed by atoms with Gasteiger partial charge in [0.25, 0.3) is 0 Å². The van der Waals surface area contributed by atoms with Gasteiger partial charge in [0.1, 0.15) is 12.2 Å². The van der Waals surface area contributed by atoms with Crippen LogP contribution < -0.4 is 4.90 Å². The topological polar surface area (TPSA) is 183 Å². The van der Waals surface area contributed by atoms with E-state index in [1.54, 1.807) is 18.2 Å². The van der Waals surface area contributed by atoms with Gasteiger partial charge in [-0.3, -0.25) is 4.57 Å².